The Kier molecular flexibility index (Phi) is 2.33. The Morgan fingerprint density at radius 1 is 1.47 bits per heavy atom. The zero-order chi connectivity index (χ0) is 11.0. The first-order valence-corrected chi connectivity index (χ1v) is 5.08. The molecule has 0 unspecified atom stereocenters. The first-order chi connectivity index (χ1) is 7.13. The van der Waals surface area contributed by atoms with Gasteiger partial charge in [0.25, 0.3) is 0 Å². The zero-order valence-electron chi connectivity index (χ0n) is 7.62. The molecule has 0 aromatic heterocycles. The second kappa shape index (κ2) is 3.52. The standard InChI is InChI=1S/C11H6BrNO2/c12-7-2-1-6-3-10(14)9(5-13)11(15)8(6)4-7/h1-2,4,15H,3H2. The van der Waals surface area contributed by atoms with Crippen LogP contribution >= 0.6 is 15.9 Å². The van der Waals surface area contributed by atoms with Gasteiger partial charge in [-0.15, -0.1) is 0 Å². The first kappa shape index (κ1) is 9.94. The fourth-order valence-corrected chi connectivity index (χ4v) is 1.93. The Morgan fingerprint density at radius 2 is 2.20 bits per heavy atom. The lowest BCUT2D eigenvalue weighted by Crippen LogP contribution is -2.14. The van der Waals surface area contributed by atoms with Gasteiger partial charge in [-0.25, -0.2) is 0 Å². The minimum atomic E-state index is -0.329. The summed E-state index contributed by atoms with van der Waals surface area (Å²) in [6.07, 6.45) is 0.176. The Hall–Kier alpha value is -1.60. The van der Waals surface area contributed by atoms with E-state index in [1.165, 1.54) is 0 Å². The van der Waals surface area contributed by atoms with Crippen molar-refractivity contribution in [3.05, 3.63) is 39.4 Å². The molecule has 1 aromatic carbocycles. The highest BCUT2D eigenvalue weighted by atomic mass is 79.9. The highest BCUT2D eigenvalue weighted by Gasteiger charge is 2.25. The molecule has 0 aliphatic heterocycles. The van der Waals surface area contributed by atoms with Crippen molar-refractivity contribution in [2.45, 2.75) is 6.42 Å². The number of nitrogens with zero attached hydrogens (tertiary/aromatic N) is 1. The highest BCUT2D eigenvalue weighted by molar-refractivity contribution is 9.10. The quantitative estimate of drug-likeness (QED) is 0.782. The maximum absolute atomic E-state index is 11.4. The van der Waals surface area contributed by atoms with Gasteiger partial charge < -0.3 is 5.11 Å². The molecule has 0 saturated heterocycles. The van der Waals surface area contributed by atoms with Crippen molar-refractivity contribution in [1.29, 1.82) is 5.26 Å². The number of rotatable bonds is 0. The predicted molar refractivity (Wildman–Crippen MR) is 58.0 cm³/mol. The van der Waals surface area contributed by atoms with Crippen molar-refractivity contribution >= 4 is 27.5 Å². The first-order valence-electron chi connectivity index (χ1n) is 4.29. The van der Waals surface area contributed by atoms with E-state index in [1.54, 1.807) is 24.3 Å². The lowest BCUT2D eigenvalue weighted by molar-refractivity contribution is -0.114. The van der Waals surface area contributed by atoms with Gasteiger partial charge in [-0.1, -0.05) is 22.0 Å². The molecular formula is C11H6BrNO2. The van der Waals surface area contributed by atoms with Gasteiger partial charge in [0, 0.05) is 16.5 Å². The molecule has 2 rings (SSSR count). The third-order valence-corrected chi connectivity index (χ3v) is 2.80. The fraction of sp³-hybridized carbons (Fsp3) is 0.0909. The van der Waals surface area contributed by atoms with Gasteiger partial charge in [0.2, 0.25) is 0 Å². The van der Waals surface area contributed by atoms with Crippen molar-refractivity contribution in [1.82, 2.24) is 0 Å². The highest BCUT2D eigenvalue weighted by Crippen LogP contribution is 2.29. The molecule has 1 N–H and O–H groups in total. The van der Waals surface area contributed by atoms with Crippen molar-refractivity contribution < 1.29 is 9.90 Å². The maximum Gasteiger partial charge on any atom is 0.181 e. The van der Waals surface area contributed by atoms with Crippen molar-refractivity contribution in [2.24, 2.45) is 0 Å². The smallest absolute Gasteiger partial charge is 0.181 e. The van der Waals surface area contributed by atoms with Crippen LogP contribution in [-0.2, 0) is 11.2 Å². The summed E-state index contributed by atoms with van der Waals surface area (Å²) in [5, 5.41) is 18.5. The Labute approximate surface area is 94.8 Å². The third-order valence-electron chi connectivity index (χ3n) is 2.31. The molecule has 1 aliphatic carbocycles. The second-order valence-electron chi connectivity index (χ2n) is 3.24. The van der Waals surface area contributed by atoms with E-state index in [-0.39, 0.29) is 23.5 Å². The van der Waals surface area contributed by atoms with E-state index in [0.29, 0.717) is 5.56 Å². The number of aliphatic hydroxyl groups excluding tert-OH is 1. The minimum Gasteiger partial charge on any atom is -0.506 e. The van der Waals surface area contributed by atoms with Gasteiger partial charge >= 0.3 is 0 Å². The van der Waals surface area contributed by atoms with Crippen LogP contribution in [0.4, 0.5) is 0 Å². The molecule has 74 valence electrons. The van der Waals surface area contributed by atoms with Crippen LogP contribution in [0.1, 0.15) is 11.1 Å². The molecule has 3 nitrogen and oxygen atoms in total. The Balaban J connectivity index is 2.70. The van der Waals surface area contributed by atoms with Crippen LogP contribution in [-0.4, -0.2) is 10.9 Å². The van der Waals surface area contributed by atoms with Crippen LogP contribution in [0.15, 0.2) is 28.2 Å². The van der Waals surface area contributed by atoms with Crippen LogP contribution < -0.4 is 0 Å². The van der Waals surface area contributed by atoms with E-state index in [1.807, 2.05) is 0 Å². The van der Waals surface area contributed by atoms with Crippen LogP contribution in [0.5, 0.6) is 0 Å². The SMILES string of the molecule is N#CC1=C(O)c2cc(Br)ccc2CC1=O. The zero-order valence-corrected chi connectivity index (χ0v) is 9.21. The summed E-state index contributed by atoms with van der Waals surface area (Å²) in [5.74, 6) is -0.546. The second-order valence-corrected chi connectivity index (χ2v) is 4.15. The lowest BCUT2D eigenvalue weighted by atomic mass is 9.90. The molecule has 0 atom stereocenters. The average molecular weight is 264 g/mol. The number of hydrogen-bond donors (Lipinski definition) is 1. The number of ketones is 1. The van der Waals surface area contributed by atoms with E-state index in [4.69, 9.17) is 5.26 Å². The molecule has 1 aromatic rings. The van der Waals surface area contributed by atoms with Crippen LogP contribution in [0.25, 0.3) is 5.76 Å². The van der Waals surface area contributed by atoms with E-state index >= 15 is 0 Å². The largest absolute Gasteiger partial charge is 0.506 e. The van der Waals surface area contributed by atoms with Crippen molar-refractivity contribution in [3.8, 4) is 6.07 Å². The molecule has 0 saturated carbocycles. The molecular weight excluding hydrogens is 258 g/mol. The van der Waals surface area contributed by atoms with Gasteiger partial charge in [0.15, 0.2) is 5.78 Å². The number of benzene rings is 1. The molecule has 0 radical (unpaired) electrons. The number of hydrogen-bond acceptors (Lipinski definition) is 3. The van der Waals surface area contributed by atoms with E-state index in [2.05, 4.69) is 15.9 Å². The number of carbonyl (C=O) groups is 1. The normalized spacial score (nSPS) is 14.8. The van der Waals surface area contributed by atoms with E-state index < -0.39 is 0 Å². The maximum atomic E-state index is 11.4. The van der Waals surface area contributed by atoms with Gasteiger partial charge in [-0.3, -0.25) is 4.79 Å². The summed E-state index contributed by atoms with van der Waals surface area (Å²) in [6.45, 7) is 0. The van der Waals surface area contributed by atoms with Crippen LogP contribution in [0.3, 0.4) is 0 Å². The summed E-state index contributed by atoms with van der Waals surface area (Å²) in [6, 6.07) is 7.00. The Morgan fingerprint density at radius 3 is 2.87 bits per heavy atom. The summed E-state index contributed by atoms with van der Waals surface area (Å²) >= 11 is 3.27. The number of allylic oxidation sites excluding steroid dienone is 1. The third kappa shape index (κ3) is 1.55. The summed E-state index contributed by atoms with van der Waals surface area (Å²) in [4.78, 5) is 11.4. The molecule has 4 heteroatoms. The number of halogens is 1. The van der Waals surface area contributed by atoms with Crippen molar-refractivity contribution in [2.75, 3.05) is 0 Å². The summed E-state index contributed by atoms with van der Waals surface area (Å²) in [5.41, 5.74) is 1.15. The lowest BCUT2D eigenvalue weighted by Gasteiger charge is -2.15. The number of Topliss-reactive ketones (excluding diaryl/α,β-unsaturated/α-hetero) is 1. The number of fused-ring (bicyclic) bond motifs is 1. The predicted octanol–water partition coefficient (Wildman–Crippen LogP) is 2.37. The van der Waals surface area contributed by atoms with Crippen LogP contribution in [0, 0.1) is 11.3 Å². The average Bonchev–Trinajstić information content (AvgIpc) is 2.20. The van der Waals surface area contributed by atoms with Crippen LogP contribution in [0.2, 0.25) is 0 Å². The van der Waals surface area contributed by atoms with E-state index in [0.717, 1.165) is 10.0 Å². The van der Waals surface area contributed by atoms with Gasteiger partial charge in [-0.05, 0) is 17.7 Å². The van der Waals surface area contributed by atoms with Gasteiger partial charge in [0.05, 0.1) is 0 Å². The number of aliphatic hydroxyl groups is 1. The molecule has 1 aliphatic rings. The van der Waals surface area contributed by atoms with Gasteiger partial charge in [0.1, 0.15) is 17.4 Å². The number of carbonyl (C=O) groups excluding carboxylic acids is 1. The molecule has 0 amide bonds. The summed E-state index contributed by atoms with van der Waals surface area (Å²) < 4.78 is 0.805. The Bertz CT molecular complexity index is 526. The number of nitriles is 1. The molecule has 0 heterocycles. The molecule has 0 bridgehead atoms. The fourth-order valence-electron chi connectivity index (χ4n) is 1.57. The monoisotopic (exact) mass is 263 g/mol. The molecule has 15 heavy (non-hydrogen) atoms. The van der Waals surface area contributed by atoms with Crippen molar-refractivity contribution in [3.63, 3.8) is 0 Å². The topological polar surface area (TPSA) is 61.1 Å². The molecule has 0 spiro atoms. The van der Waals surface area contributed by atoms with E-state index in [9.17, 15) is 9.90 Å². The summed E-state index contributed by atoms with van der Waals surface area (Å²) in [7, 11) is 0. The minimum absolute atomic E-state index is 0.152. The van der Waals surface area contributed by atoms with Gasteiger partial charge in [-0.2, -0.15) is 5.26 Å². The molecule has 0 fully saturated rings.